The van der Waals surface area contributed by atoms with E-state index in [1.54, 1.807) is 11.8 Å². The van der Waals surface area contributed by atoms with E-state index in [0.717, 1.165) is 17.6 Å². The minimum absolute atomic E-state index is 0.0869. The van der Waals surface area contributed by atoms with Crippen LogP contribution in [0.4, 0.5) is 0 Å². The first kappa shape index (κ1) is 26.5. The van der Waals surface area contributed by atoms with Gasteiger partial charge in [0.05, 0.1) is 12.0 Å². The minimum Gasteiger partial charge on any atom is -0.346 e. The SMILES string of the molecule is CSCCC(C=O)NC(=O)C(/C=C\C(/C=C/C(N)CS)C(C)C)Cc1ccccc1. The van der Waals surface area contributed by atoms with Crippen LogP contribution in [0, 0.1) is 17.8 Å². The van der Waals surface area contributed by atoms with Gasteiger partial charge in [-0.2, -0.15) is 24.4 Å². The molecule has 0 bridgehead atoms. The molecule has 0 fully saturated rings. The van der Waals surface area contributed by atoms with E-state index in [9.17, 15) is 9.59 Å². The predicted molar refractivity (Wildman–Crippen MR) is 133 cm³/mol. The van der Waals surface area contributed by atoms with Gasteiger partial charge in [0.2, 0.25) is 5.91 Å². The van der Waals surface area contributed by atoms with Crippen LogP contribution in [0.15, 0.2) is 54.6 Å². The average Bonchev–Trinajstić information content (AvgIpc) is 2.75. The zero-order valence-electron chi connectivity index (χ0n) is 18.2. The lowest BCUT2D eigenvalue weighted by Crippen LogP contribution is -2.40. The molecule has 0 spiro atoms. The van der Waals surface area contributed by atoms with Gasteiger partial charge in [-0.25, -0.2) is 0 Å². The van der Waals surface area contributed by atoms with Crippen molar-refractivity contribution < 1.29 is 9.59 Å². The Morgan fingerprint density at radius 1 is 1.17 bits per heavy atom. The minimum atomic E-state index is -0.453. The quantitative estimate of drug-likeness (QED) is 0.229. The topological polar surface area (TPSA) is 72.2 Å². The molecule has 0 aromatic heterocycles. The zero-order chi connectivity index (χ0) is 22.4. The van der Waals surface area contributed by atoms with Crippen molar-refractivity contribution in [3.63, 3.8) is 0 Å². The number of hydrogen-bond acceptors (Lipinski definition) is 5. The van der Waals surface area contributed by atoms with Gasteiger partial charge in [-0.05, 0) is 42.2 Å². The van der Waals surface area contributed by atoms with Crippen LogP contribution in [0.5, 0.6) is 0 Å². The third-order valence-corrected chi connectivity index (χ3v) is 5.95. The number of nitrogens with two attached hydrogens (primary N) is 1. The van der Waals surface area contributed by atoms with Gasteiger partial charge < -0.3 is 15.8 Å². The van der Waals surface area contributed by atoms with Gasteiger partial charge in [0.25, 0.3) is 0 Å². The van der Waals surface area contributed by atoms with Crippen molar-refractivity contribution in [3.8, 4) is 0 Å². The summed E-state index contributed by atoms with van der Waals surface area (Å²) in [5, 5.41) is 2.91. The first-order valence-electron chi connectivity index (χ1n) is 10.4. The molecule has 0 aliphatic carbocycles. The summed E-state index contributed by atoms with van der Waals surface area (Å²) in [5.74, 6) is 1.49. The molecule has 1 rings (SSSR count). The summed E-state index contributed by atoms with van der Waals surface area (Å²) in [5.41, 5.74) is 7.04. The Kier molecular flexibility index (Phi) is 13.6. The van der Waals surface area contributed by atoms with Crippen molar-refractivity contribution in [2.75, 3.05) is 17.8 Å². The van der Waals surface area contributed by atoms with Gasteiger partial charge >= 0.3 is 0 Å². The highest BCUT2D eigenvalue weighted by Crippen LogP contribution is 2.18. The van der Waals surface area contributed by atoms with Crippen molar-refractivity contribution in [3.05, 3.63) is 60.2 Å². The van der Waals surface area contributed by atoms with Crippen LogP contribution in [-0.4, -0.2) is 42.0 Å². The molecule has 0 aliphatic heterocycles. The molecular formula is C24H36N2O2S2. The normalized spacial score (nSPS) is 15.9. The molecule has 0 aliphatic rings. The fourth-order valence-corrected chi connectivity index (χ4v) is 3.54. The Morgan fingerprint density at radius 3 is 2.40 bits per heavy atom. The summed E-state index contributed by atoms with van der Waals surface area (Å²) in [7, 11) is 0. The van der Waals surface area contributed by atoms with E-state index < -0.39 is 6.04 Å². The summed E-state index contributed by atoms with van der Waals surface area (Å²) in [6, 6.07) is 9.40. The molecule has 6 heteroatoms. The summed E-state index contributed by atoms with van der Waals surface area (Å²) >= 11 is 5.89. The van der Waals surface area contributed by atoms with E-state index in [1.807, 2.05) is 48.7 Å². The number of rotatable bonds is 14. The Hall–Kier alpha value is -1.50. The fraction of sp³-hybridized carbons (Fsp3) is 0.500. The van der Waals surface area contributed by atoms with Gasteiger partial charge in [0.15, 0.2) is 0 Å². The van der Waals surface area contributed by atoms with Crippen LogP contribution in [0.1, 0.15) is 25.8 Å². The van der Waals surface area contributed by atoms with Gasteiger partial charge in [-0.3, -0.25) is 4.79 Å². The Balaban J connectivity index is 3.00. The molecule has 0 radical (unpaired) electrons. The van der Waals surface area contributed by atoms with E-state index in [4.69, 9.17) is 5.73 Å². The smallest absolute Gasteiger partial charge is 0.227 e. The third kappa shape index (κ3) is 10.5. The number of allylic oxidation sites excluding steroid dienone is 2. The lowest BCUT2D eigenvalue weighted by Gasteiger charge is -2.19. The summed E-state index contributed by atoms with van der Waals surface area (Å²) < 4.78 is 0. The van der Waals surface area contributed by atoms with E-state index in [0.29, 0.717) is 24.5 Å². The van der Waals surface area contributed by atoms with E-state index in [-0.39, 0.29) is 23.8 Å². The predicted octanol–water partition coefficient (Wildman–Crippen LogP) is 3.92. The van der Waals surface area contributed by atoms with Gasteiger partial charge in [0.1, 0.15) is 6.29 Å². The van der Waals surface area contributed by atoms with Crippen molar-refractivity contribution in [2.24, 2.45) is 23.5 Å². The number of carbonyl (C=O) groups excluding carboxylic acids is 2. The van der Waals surface area contributed by atoms with E-state index >= 15 is 0 Å². The van der Waals surface area contributed by atoms with E-state index in [2.05, 4.69) is 43.9 Å². The molecule has 4 nitrogen and oxygen atoms in total. The van der Waals surface area contributed by atoms with Crippen molar-refractivity contribution in [1.29, 1.82) is 0 Å². The second-order valence-electron chi connectivity index (χ2n) is 7.77. The van der Waals surface area contributed by atoms with Crippen LogP contribution in [0.25, 0.3) is 0 Å². The Bertz CT molecular complexity index is 677. The molecule has 0 saturated carbocycles. The van der Waals surface area contributed by atoms with Crippen molar-refractivity contribution >= 4 is 36.6 Å². The molecule has 4 atom stereocenters. The second-order valence-corrected chi connectivity index (χ2v) is 9.12. The highest BCUT2D eigenvalue weighted by atomic mass is 32.2. The summed E-state index contributed by atoms with van der Waals surface area (Å²) in [4.78, 5) is 24.4. The summed E-state index contributed by atoms with van der Waals surface area (Å²) in [6.07, 6.45) is 12.2. The average molecular weight is 449 g/mol. The molecule has 0 saturated heterocycles. The lowest BCUT2D eigenvalue weighted by molar-refractivity contribution is -0.126. The largest absolute Gasteiger partial charge is 0.346 e. The van der Waals surface area contributed by atoms with Gasteiger partial charge in [-0.15, -0.1) is 0 Å². The molecule has 1 amide bonds. The maximum Gasteiger partial charge on any atom is 0.227 e. The van der Waals surface area contributed by atoms with Crippen LogP contribution in [0.2, 0.25) is 0 Å². The highest BCUT2D eigenvalue weighted by Gasteiger charge is 2.20. The van der Waals surface area contributed by atoms with Crippen LogP contribution in [0.3, 0.4) is 0 Å². The van der Waals surface area contributed by atoms with Gasteiger partial charge in [-0.1, -0.05) is 68.5 Å². The third-order valence-electron chi connectivity index (χ3n) is 4.89. The standard InChI is InChI=1S/C24H36N2O2S2/c1-18(2)20(11-12-22(25)17-29)9-10-21(15-19-7-5-4-6-8-19)24(28)26-23(16-27)13-14-30-3/h4-12,16,18,20-23,29H,13-15,17,25H2,1-3H3,(H,26,28)/b10-9-,12-11+. The van der Waals surface area contributed by atoms with Crippen LogP contribution < -0.4 is 11.1 Å². The fourth-order valence-electron chi connectivity index (χ4n) is 2.93. The number of aldehydes is 1. The maximum absolute atomic E-state index is 13.0. The first-order chi connectivity index (χ1) is 14.4. The Morgan fingerprint density at radius 2 is 1.83 bits per heavy atom. The number of nitrogens with one attached hydrogen (secondary N) is 1. The highest BCUT2D eigenvalue weighted by molar-refractivity contribution is 7.98. The lowest BCUT2D eigenvalue weighted by atomic mass is 9.91. The van der Waals surface area contributed by atoms with Crippen molar-refractivity contribution in [1.82, 2.24) is 5.32 Å². The number of amides is 1. The van der Waals surface area contributed by atoms with Gasteiger partial charge in [0, 0.05) is 11.8 Å². The first-order valence-corrected chi connectivity index (χ1v) is 12.5. The molecule has 166 valence electrons. The molecular weight excluding hydrogens is 412 g/mol. The molecule has 3 N–H and O–H groups in total. The molecule has 30 heavy (non-hydrogen) atoms. The van der Waals surface area contributed by atoms with E-state index in [1.165, 1.54) is 0 Å². The van der Waals surface area contributed by atoms with Crippen LogP contribution in [-0.2, 0) is 16.0 Å². The number of carbonyl (C=O) groups is 2. The summed E-state index contributed by atoms with van der Waals surface area (Å²) in [6.45, 7) is 4.28. The second kappa shape index (κ2) is 15.3. The number of benzene rings is 1. The molecule has 1 aromatic carbocycles. The number of thiol groups is 1. The van der Waals surface area contributed by atoms with Crippen molar-refractivity contribution in [2.45, 2.75) is 38.8 Å². The maximum atomic E-state index is 13.0. The Labute approximate surface area is 191 Å². The monoisotopic (exact) mass is 448 g/mol. The molecule has 1 aromatic rings. The molecule has 0 heterocycles. The zero-order valence-corrected chi connectivity index (χ0v) is 19.9. The van der Waals surface area contributed by atoms with Crippen LogP contribution >= 0.6 is 24.4 Å². The molecule has 4 unspecified atom stereocenters. The number of thioether (sulfide) groups is 1. The number of hydrogen-bond donors (Lipinski definition) is 3.